The summed E-state index contributed by atoms with van der Waals surface area (Å²) in [5.74, 6) is 2.44. The van der Waals surface area contributed by atoms with E-state index in [1.54, 1.807) is 14.2 Å². The molecule has 0 saturated carbocycles. The van der Waals surface area contributed by atoms with Gasteiger partial charge in [-0.15, -0.1) is 0 Å². The van der Waals surface area contributed by atoms with Crippen molar-refractivity contribution in [2.75, 3.05) is 40.9 Å². The van der Waals surface area contributed by atoms with E-state index in [1.165, 1.54) is 12.0 Å². The molecule has 0 aliphatic carbocycles. The first-order valence-corrected chi connectivity index (χ1v) is 6.85. The number of benzene rings is 1. The molecule has 1 unspecified atom stereocenters. The van der Waals surface area contributed by atoms with Crippen LogP contribution < -0.4 is 14.8 Å². The highest BCUT2D eigenvalue weighted by molar-refractivity contribution is 5.46. The molecule has 1 fully saturated rings. The second kappa shape index (κ2) is 6.78. The van der Waals surface area contributed by atoms with E-state index < -0.39 is 0 Å². The van der Waals surface area contributed by atoms with Gasteiger partial charge in [0.2, 0.25) is 0 Å². The van der Waals surface area contributed by atoms with Gasteiger partial charge < -0.3 is 14.8 Å². The molecule has 1 atom stereocenters. The first kappa shape index (κ1) is 14.2. The van der Waals surface area contributed by atoms with Crippen molar-refractivity contribution in [1.82, 2.24) is 10.2 Å². The Morgan fingerprint density at radius 1 is 1.32 bits per heavy atom. The smallest absolute Gasteiger partial charge is 0.165 e. The first-order valence-electron chi connectivity index (χ1n) is 6.85. The maximum atomic E-state index is 5.49. The van der Waals surface area contributed by atoms with E-state index in [9.17, 15) is 0 Å². The fourth-order valence-electron chi connectivity index (χ4n) is 2.83. The molecule has 1 aromatic carbocycles. The van der Waals surface area contributed by atoms with Crippen LogP contribution in [0.5, 0.6) is 11.5 Å². The van der Waals surface area contributed by atoms with Gasteiger partial charge in [0, 0.05) is 18.7 Å². The SMILES string of the molecule is CNCC1CCN(Cc2cccc(OC)c2OC)C1. The highest BCUT2D eigenvalue weighted by Gasteiger charge is 2.23. The molecule has 1 N–H and O–H groups in total. The molecule has 0 aromatic heterocycles. The largest absolute Gasteiger partial charge is 0.493 e. The minimum atomic E-state index is 0.765. The van der Waals surface area contributed by atoms with Crippen LogP contribution >= 0.6 is 0 Å². The van der Waals surface area contributed by atoms with E-state index in [1.807, 2.05) is 19.2 Å². The van der Waals surface area contributed by atoms with Gasteiger partial charge >= 0.3 is 0 Å². The highest BCUT2D eigenvalue weighted by atomic mass is 16.5. The van der Waals surface area contributed by atoms with Crippen LogP contribution in [-0.2, 0) is 6.54 Å². The van der Waals surface area contributed by atoms with Gasteiger partial charge in [0.05, 0.1) is 14.2 Å². The summed E-state index contributed by atoms with van der Waals surface area (Å²) in [5, 5.41) is 3.26. The average Bonchev–Trinajstić information content (AvgIpc) is 2.86. The van der Waals surface area contributed by atoms with Gasteiger partial charge in [0.25, 0.3) is 0 Å². The topological polar surface area (TPSA) is 33.7 Å². The van der Waals surface area contributed by atoms with E-state index in [4.69, 9.17) is 9.47 Å². The van der Waals surface area contributed by atoms with Crippen molar-refractivity contribution >= 4 is 0 Å². The van der Waals surface area contributed by atoms with E-state index in [0.717, 1.165) is 43.6 Å². The molecule has 0 spiro atoms. The Bertz CT molecular complexity index is 409. The van der Waals surface area contributed by atoms with Crippen LogP contribution in [0.1, 0.15) is 12.0 Å². The van der Waals surface area contributed by atoms with Crippen LogP contribution in [0.3, 0.4) is 0 Å². The summed E-state index contributed by atoms with van der Waals surface area (Å²) in [4.78, 5) is 2.49. The first-order chi connectivity index (χ1) is 9.28. The lowest BCUT2D eigenvalue weighted by Crippen LogP contribution is -2.24. The van der Waals surface area contributed by atoms with Crippen LogP contribution in [0.25, 0.3) is 0 Å². The second-order valence-electron chi connectivity index (χ2n) is 5.10. The van der Waals surface area contributed by atoms with Crippen molar-refractivity contribution in [1.29, 1.82) is 0 Å². The Balaban J connectivity index is 2.03. The van der Waals surface area contributed by atoms with Gasteiger partial charge in [-0.1, -0.05) is 12.1 Å². The molecule has 1 aromatic rings. The maximum absolute atomic E-state index is 5.49. The fourth-order valence-corrected chi connectivity index (χ4v) is 2.83. The standard InChI is InChI=1S/C15H24N2O2/c1-16-9-12-7-8-17(10-12)11-13-5-4-6-14(18-2)15(13)19-3/h4-6,12,16H,7-11H2,1-3H3. The molecule has 1 aliphatic rings. The van der Waals surface area contributed by atoms with E-state index >= 15 is 0 Å². The lowest BCUT2D eigenvalue weighted by molar-refractivity contribution is 0.301. The molecule has 106 valence electrons. The van der Waals surface area contributed by atoms with Gasteiger partial charge in [0.15, 0.2) is 11.5 Å². The molecule has 0 bridgehead atoms. The zero-order chi connectivity index (χ0) is 13.7. The predicted octanol–water partition coefficient (Wildman–Crippen LogP) is 1.75. The number of methoxy groups -OCH3 is 2. The molecule has 19 heavy (non-hydrogen) atoms. The predicted molar refractivity (Wildman–Crippen MR) is 76.9 cm³/mol. The lowest BCUT2D eigenvalue weighted by atomic mass is 10.1. The average molecular weight is 264 g/mol. The summed E-state index contributed by atoms with van der Waals surface area (Å²) in [5.41, 5.74) is 1.20. The van der Waals surface area contributed by atoms with Crippen molar-refractivity contribution in [2.45, 2.75) is 13.0 Å². The summed E-state index contributed by atoms with van der Waals surface area (Å²) in [6.45, 7) is 4.35. The molecule has 0 radical (unpaired) electrons. The molecule has 1 aliphatic heterocycles. The summed E-state index contributed by atoms with van der Waals surface area (Å²) >= 11 is 0. The van der Waals surface area contributed by atoms with Crippen molar-refractivity contribution in [3.05, 3.63) is 23.8 Å². The number of likely N-dealkylation sites (tertiary alicyclic amines) is 1. The minimum absolute atomic E-state index is 0.765. The number of para-hydroxylation sites is 1. The Morgan fingerprint density at radius 2 is 2.16 bits per heavy atom. The number of nitrogens with one attached hydrogen (secondary N) is 1. The van der Waals surface area contributed by atoms with Crippen LogP contribution in [0.4, 0.5) is 0 Å². The van der Waals surface area contributed by atoms with Crippen molar-refractivity contribution in [2.24, 2.45) is 5.92 Å². The third-order valence-electron chi connectivity index (χ3n) is 3.74. The van der Waals surface area contributed by atoms with Crippen LogP contribution in [0.2, 0.25) is 0 Å². The summed E-state index contributed by atoms with van der Waals surface area (Å²) < 4.78 is 10.8. The fraction of sp³-hybridized carbons (Fsp3) is 0.600. The van der Waals surface area contributed by atoms with Gasteiger partial charge in [-0.2, -0.15) is 0 Å². The Labute approximate surface area is 115 Å². The zero-order valence-electron chi connectivity index (χ0n) is 12.1. The summed E-state index contributed by atoms with van der Waals surface area (Å²) in [6, 6.07) is 6.08. The van der Waals surface area contributed by atoms with Crippen molar-refractivity contribution < 1.29 is 9.47 Å². The van der Waals surface area contributed by atoms with E-state index in [-0.39, 0.29) is 0 Å². The molecule has 1 heterocycles. The zero-order valence-corrected chi connectivity index (χ0v) is 12.1. The van der Waals surface area contributed by atoms with E-state index in [2.05, 4.69) is 16.3 Å². The van der Waals surface area contributed by atoms with Gasteiger partial charge in [-0.05, 0) is 38.5 Å². The summed E-state index contributed by atoms with van der Waals surface area (Å²) in [6.07, 6.45) is 1.27. The number of hydrogen-bond acceptors (Lipinski definition) is 4. The molecule has 4 heteroatoms. The Hall–Kier alpha value is -1.26. The Morgan fingerprint density at radius 3 is 2.84 bits per heavy atom. The molecular weight excluding hydrogens is 240 g/mol. The van der Waals surface area contributed by atoms with Crippen LogP contribution in [-0.4, -0.2) is 45.8 Å². The van der Waals surface area contributed by atoms with E-state index in [0.29, 0.717) is 0 Å². The van der Waals surface area contributed by atoms with Crippen molar-refractivity contribution in [3.8, 4) is 11.5 Å². The third kappa shape index (κ3) is 3.39. The third-order valence-corrected chi connectivity index (χ3v) is 3.74. The number of ether oxygens (including phenoxy) is 2. The highest BCUT2D eigenvalue weighted by Crippen LogP contribution is 2.32. The van der Waals surface area contributed by atoms with Gasteiger partial charge in [-0.25, -0.2) is 0 Å². The number of hydrogen-bond donors (Lipinski definition) is 1. The summed E-state index contributed by atoms with van der Waals surface area (Å²) in [7, 11) is 5.41. The monoisotopic (exact) mass is 264 g/mol. The minimum Gasteiger partial charge on any atom is -0.493 e. The van der Waals surface area contributed by atoms with Crippen molar-refractivity contribution in [3.63, 3.8) is 0 Å². The normalized spacial score (nSPS) is 19.6. The Kier molecular flexibility index (Phi) is 5.05. The lowest BCUT2D eigenvalue weighted by Gasteiger charge is -2.19. The molecular formula is C15H24N2O2. The van der Waals surface area contributed by atoms with Crippen LogP contribution in [0.15, 0.2) is 18.2 Å². The van der Waals surface area contributed by atoms with Gasteiger partial charge in [-0.3, -0.25) is 4.90 Å². The molecule has 0 amide bonds. The number of nitrogens with zero attached hydrogens (tertiary/aromatic N) is 1. The quantitative estimate of drug-likeness (QED) is 0.848. The second-order valence-corrected chi connectivity index (χ2v) is 5.10. The molecule has 4 nitrogen and oxygen atoms in total. The molecule has 2 rings (SSSR count). The molecule has 1 saturated heterocycles. The maximum Gasteiger partial charge on any atom is 0.165 e. The van der Waals surface area contributed by atoms with Crippen LogP contribution in [0, 0.1) is 5.92 Å². The van der Waals surface area contributed by atoms with Gasteiger partial charge in [0.1, 0.15) is 0 Å². The number of rotatable bonds is 6.